The van der Waals surface area contributed by atoms with E-state index in [0.717, 1.165) is 39.8 Å². The molecule has 1 heterocycles. The summed E-state index contributed by atoms with van der Waals surface area (Å²) >= 11 is 1.65. The Balaban J connectivity index is 1.85. The number of fused-ring (bicyclic) bond motifs is 2. The molecule has 0 saturated carbocycles. The number of aromatic nitrogens is 1. The maximum absolute atomic E-state index is 12.4. The van der Waals surface area contributed by atoms with E-state index in [1.54, 1.807) is 11.8 Å². The van der Waals surface area contributed by atoms with E-state index in [9.17, 15) is 4.79 Å². The van der Waals surface area contributed by atoms with Crippen LogP contribution in [0.3, 0.4) is 0 Å². The number of rotatable bonds is 6. The van der Waals surface area contributed by atoms with Crippen LogP contribution in [0.15, 0.2) is 48.5 Å². The molecule has 0 aliphatic heterocycles. The number of nitrogens with one attached hydrogen (secondary N) is 1. The molecule has 1 amide bonds. The second-order valence-electron chi connectivity index (χ2n) is 5.93. The number of thioether (sulfide) groups is 1. The van der Waals surface area contributed by atoms with Crippen LogP contribution in [0.25, 0.3) is 21.8 Å². The SMILES string of the molecule is CN(C)CCSCC(=O)Nc1c2ccccc2nc2ccccc12. The summed E-state index contributed by atoms with van der Waals surface area (Å²) in [4.78, 5) is 19.2. The fourth-order valence-corrected chi connectivity index (χ4v) is 3.46. The van der Waals surface area contributed by atoms with Gasteiger partial charge in [-0.25, -0.2) is 4.98 Å². The molecule has 24 heavy (non-hydrogen) atoms. The summed E-state index contributed by atoms with van der Waals surface area (Å²) in [7, 11) is 4.08. The maximum Gasteiger partial charge on any atom is 0.234 e. The number of amides is 1. The Morgan fingerprint density at radius 1 is 1.04 bits per heavy atom. The lowest BCUT2D eigenvalue weighted by atomic mass is 10.1. The molecule has 1 N–H and O–H groups in total. The van der Waals surface area contributed by atoms with E-state index < -0.39 is 0 Å². The summed E-state index contributed by atoms with van der Waals surface area (Å²) in [5, 5.41) is 5.05. The molecule has 0 radical (unpaired) electrons. The highest BCUT2D eigenvalue weighted by molar-refractivity contribution is 7.99. The van der Waals surface area contributed by atoms with Crippen molar-refractivity contribution in [2.75, 3.05) is 37.5 Å². The molecule has 3 rings (SSSR count). The highest BCUT2D eigenvalue weighted by Gasteiger charge is 2.11. The molecule has 0 aliphatic rings. The Hall–Kier alpha value is -2.11. The molecule has 0 fully saturated rings. The minimum absolute atomic E-state index is 0.0280. The number of anilines is 1. The molecular weight excluding hydrogens is 318 g/mol. The molecular formula is C19H21N3OS. The molecule has 124 valence electrons. The predicted molar refractivity (Wildman–Crippen MR) is 104 cm³/mol. The second kappa shape index (κ2) is 7.64. The van der Waals surface area contributed by atoms with Gasteiger partial charge in [-0.1, -0.05) is 36.4 Å². The third kappa shape index (κ3) is 3.86. The number of hydrogen-bond donors (Lipinski definition) is 1. The van der Waals surface area contributed by atoms with Gasteiger partial charge < -0.3 is 10.2 Å². The lowest BCUT2D eigenvalue weighted by Gasteiger charge is -2.12. The number of para-hydroxylation sites is 2. The van der Waals surface area contributed by atoms with Gasteiger partial charge in [0.05, 0.1) is 22.5 Å². The van der Waals surface area contributed by atoms with Crippen LogP contribution in [0.2, 0.25) is 0 Å². The van der Waals surface area contributed by atoms with Crippen molar-refractivity contribution in [2.24, 2.45) is 0 Å². The van der Waals surface area contributed by atoms with Gasteiger partial charge in [0.15, 0.2) is 0 Å². The van der Waals surface area contributed by atoms with Crippen LogP contribution in [0.4, 0.5) is 5.69 Å². The minimum Gasteiger partial charge on any atom is -0.324 e. The van der Waals surface area contributed by atoms with Crippen LogP contribution in [-0.4, -0.2) is 47.9 Å². The van der Waals surface area contributed by atoms with Crippen molar-refractivity contribution in [3.8, 4) is 0 Å². The zero-order chi connectivity index (χ0) is 16.9. The standard InChI is InChI=1S/C19H21N3OS/c1-22(2)11-12-24-13-18(23)21-19-14-7-3-5-9-16(14)20-17-10-6-4-8-15(17)19/h3-10H,11-13H2,1-2H3,(H,20,21,23). The molecule has 0 aliphatic carbocycles. The number of nitrogens with zero attached hydrogens (tertiary/aromatic N) is 2. The third-order valence-corrected chi connectivity index (χ3v) is 4.71. The molecule has 3 aromatic rings. The molecule has 1 aromatic heterocycles. The first kappa shape index (κ1) is 16.7. The van der Waals surface area contributed by atoms with E-state index in [2.05, 4.69) is 15.2 Å². The highest BCUT2D eigenvalue weighted by Crippen LogP contribution is 2.30. The quantitative estimate of drug-likeness (QED) is 0.550. The predicted octanol–water partition coefficient (Wildman–Crippen LogP) is 3.62. The van der Waals surface area contributed by atoms with E-state index in [-0.39, 0.29) is 5.91 Å². The lowest BCUT2D eigenvalue weighted by molar-refractivity contribution is -0.113. The van der Waals surface area contributed by atoms with Crippen LogP contribution < -0.4 is 5.32 Å². The second-order valence-corrected chi connectivity index (χ2v) is 7.03. The Morgan fingerprint density at radius 3 is 2.21 bits per heavy atom. The van der Waals surface area contributed by atoms with Gasteiger partial charge in [-0.2, -0.15) is 11.8 Å². The van der Waals surface area contributed by atoms with Gasteiger partial charge in [-0.05, 0) is 26.2 Å². The molecule has 0 bridgehead atoms. The first-order valence-electron chi connectivity index (χ1n) is 7.95. The van der Waals surface area contributed by atoms with Crippen molar-refractivity contribution in [3.63, 3.8) is 0 Å². The average Bonchev–Trinajstić information content (AvgIpc) is 2.58. The van der Waals surface area contributed by atoms with Gasteiger partial charge in [-0.15, -0.1) is 0 Å². The maximum atomic E-state index is 12.4. The number of carbonyl (C=O) groups is 1. The fourth-order valence-electron chi connectivity index (χ4n) is 2.56. The number of carbonyl (C=O) groups excluding carboxylic acids is 1. The van der Waals surface area contributed by atoms with Gasteiger partial charge in [0.25, 0.3) is 0 Å². The van der Waals surface area contributed by atoms with Gasteiger partial charge in [0.1, 0.15) is 0 Å². The van der Waals surface area contributed by atoms with Crippen molar-refractivity contribution < 1.29 is 4.79 Å². The van der Waals surface area contributed by atoms with Gasteiger partial charge in [-0.3, -0.25) is 4.79 Å². The Labute approximate surface area is 146 Å². The summed E-state index contributed by atoms with van der Waals surface area (Å²) < 4.78 is 0. The molecule has 0 unspecified atom stereocenters. The number of pyridine rings is 1. The smallest absolute Gasteiger partial charge is 0.234 e. The highest BCUT2D eigenvalue weighted by atomic mass is 32.2. The van der Waals surface area contributed by atoms with Crippen molar-refractivity contribution in [3.05, 3.63) is 48.5 Å². The minimum atomic E-state index is 0.0280. The first-order valence-corrected chi connectivity index (χ1v) is 9.10. The summed E-state index contributed by atoms with van der Waals surface area (Å²) in [6.45, 7) is 0.971. The van der Waals surface area contributed by atoms with Gasteiger partial charge in [0, 0.05) is 23.1 Å². The van der Waals surface area contributed by atoms with E-state index in [1.807, 2.05) is 62.6 Å². The Morgan fingerprint density at radius 2 is 1.62 bits per heavy atom. The average molecular weight is 339 g/mol. The van der Waals surface area contributed by atoms with E-state index in [1.165, 1.54) is 0 Å². The number of benzene rings is 2. The molecule has 4 nitrogen and oxygen atoms in total. The first-order chi connectivity index (χ1) is 11.6. The zero-order valence-corrected chi connectivity index (χ0v) is 14.8. The summed E-state index contributed by atoms with van der Waals surface area (Å²) in [5.41, 5.74) is 2.65. The summed E-state index contributed by atoms with van der Waals surface area (Å²) in [5.74, 6) is 1.43. The largest absolute Gasteiger partial charge is 0.324 e. The van der Waals surface area contributed by atoms with Crippen LogP contribution in [-0.2, 0) is 4.79 Å². The van der Waals surface area contributed by atoms with Crippen LogP contribution in [0, 0.1) is 0 Å². The Bertz CT molecular complexity index is 809. The molecule has 2 aromatic carbocycles. The monoisotopic (exact) mass is 339 g/mol. The van der Waals surface area contributed by atoms with Crippen LogP contribution >= 0.6 is 11.8 Å². The third-order valence-electron chi connectivity index (χ3n) is 3.77. The summed E-state index contributed by atoms with van der Waals surface area (Å²) in [6.07, 6.45) is 0. The summed E-state index contributed by atoms with van der Waals surface area (Å²) in [6, 6.07) is 15.8. The van der Waals surface area contributed by atoms with E-state index in [0.29, 0.717) is 5.75 Å². The molecule has 5 heteroatoms. The van der Waals surface area contributed by atoms with E-state index >= 15 is 0 Å². The van der Waals surface area contributed by atoms with Gasteiger partial charge in [0.2, 0.25) is 5.91 Å². The molecule has 0 atom stereocenters. The van der Waals surface area contributed by atoms with Crippen LogP contribution in [0.1, 0.15) is 0 Å². The van der Waals surface area contributed by atoms with Crippen molar-refractivity contribution in [1.29, 1.82) is 0 Å². The fraction of sp³-hybridized carbons (Fsp3) is 0.263. The van der Waals surface area contributed by atoms with E-state index in [4.69, 9.17) is 0 Å². The topological polar surface area (TPSA) is 45.2 Å². The van der Waals surface area contributed by atoms with Crippen molar-refractivity contribution >= 4 is 45.2 Å². The molecule has 0 spiro atoms. The number of hydrogen-bond acceptors (Lipinski definition) is 4. The molecule has 0 saturated heterocycles. The van der Waals surface area contributed by atoms with Crippen molar-refractivity contribution in [2.45, 2.75) is 0 Å². The normalized spacial score (nSPS) is 11.3. The Kier molecular flexibility index (Phi) is 5.33. The lowest BCUT2D eigenvalue weighted by Crippen LogP contribution is -2.18. The van der Waals surface area contributed by atoms with Crippen LogP contribution in [0.5, 0.6) is 0 Å². The van der Waals surface area contributed by atoms with Gasteiger partial charge >= 0.3 is 0 Å². The zero-order valence-electron chi connectivity index (χ0n) is 14.0. The van der Waals surface area contributed by atoms with Crippen molar-refractivity contribution in [1.82, 2.24) is 9.88 Å².